The van der Waals surface area contributed by atoms with Gasteiger partial charge >= 0.3 is 0 Å². The molecule has 1 fully saturated rings. The molecule has 0 saturated heterocycles. The Hall–Kier alpha value is -2.52. The molecule has 0 spiro atoms. The van der Waals surface area contributed by atoms with Gasteiger partial charge in [0.2, 0.25) is 14.9 Å². The molecule has 9 heteroatoms. The van der Waals surface area contributed by atoms with Gasteiger partial charge in [-0.1, -0.05) is 43.0 Å². The lowest BCUT2D eigenvalue weighted by atomic mass is 10.1. The Morgan fingerprint density at radius 3 is 2.65 bits per heavy atom. The summed E-state index contributed by atoms with van der Waals surface area (Å²) >= 11 is 1.58. The third-order valence-corrected chi connectivity index (χ3v) is 8.71. The topological polar surface area (TPSA) is 89.2 Å². The number of nitrogens with zero attached hydrogens (tertiary/aromatic N) is 4. The number of nitrogens with one attached hydrogen (secondary N) is 1. The van der Waals surface area contributed by atoms with Gasteiger partial charge in [0, 0.05) is 6.04 Å². The number of sulfone groups is 1. The van der Waals surface area contributed by atoms with Gasteiger partial charge in [0.15, 0.2) is 5.65 Å². The van der Waals surface area contributed by atoms with Gasteiger partial charge in [-0.15, -0.1) is 16.4 Å². The van der Waals surface area contributed by atoms with Gasteiger partial charge in [0.1, 0.15) is 5.82 Å². The third-order valence-electron chi connectivity index (χ3n) is 6.01. The Morgan fingerprint density at radius 1 is 1.10 bits per heavy atom. The molecular formula is C22H25N5O2S2. The standard InChI is InChI=1S/C22H25N5O2S2/c1-14-9-10-15(2)18(13-14)31(28,29)22-21-24-20(23-16-7-5-3-4-6-8-16)19-17(11-12-30-19)27(21)26-25-22/h9-13,16H,3-8H2,1-2H3,(H,23,24). The summed E-state index contributed by atoms with van der Waals surface area (Å²) in [6.45, 7) is 3.67. The molecule has 1 aliphatic carbocycles. The number of rotatable bonds is 4. The number of aryl methyl sites for hydroxylation is 2. The van der Waals surface area contributed by atoms with E-state index in [1.54, 1.807) is 28.8 Å². The van der Waals surface area contributed by atoms with Crippen LogP contribution >= 0.6 is 11.3 Å². The number of benzene rings is 1. The van der Waals surface area contributed by atoms with E-state index in [9.17, 15) is 8.42 Å². The highest BCUT2D eigenvalue weighted by atomic mass is 32.2. The zero-order chi connectivity index (χ0) is 21.6. The van der Waals surface area contributed by atoms with Crippen molar-refractivity contribution in [3.05, 3.63) is 40.8 Å². The smallest absolute Gasteiger partial charge is 0.229 e. The highest BCUT2D eigenvalue weighted by Crippen LogP contribution is 2.33. The molecule has 162 valence electrons. The summed E-state index contributed by atoms with van der Waals surface area (Å²) in [6, 6.07) is 7.69. The fourth-order valence-electron chi connectivity index (χ4n) is 4.31. The maximum absolute atomic E-state index is 13.5. The maximum atomic E-state index is 13.5. The van der Waals surface area contributed by atoms with E-state index in [-0.39, 0.29) is 15.6 Å². The lowest BCUT2D eigenvalue weighted by molar-refractivity contribution is 0.592. The maximum Gasteiger partial charge on any atom is 0.229 e. The van der Waals surface area contributed by atoms with Crippen LogP contribution in [0.25, 0.3) is 15.9 Å². The largest absolute Gasteiger partial charge is 0.366 e. The van der Waals surface area contributed by atoms with E-state index >= 15 is 0 Å². The van der Waals surface area contributed by atoms with E-state index in [4.69, 9.17) is 4.98 Å². The molecule has 0 bridgehead atoms. The van der Waals surface area contributed by atoms with Crippen molar-refractivity contribution in [2.45, 2.75) is 68.3 Å². The van der Waals surface area contributed by atoms with Crippen LogP contribution in [0, 0.1) is 13.8 Å². The Balaban J connectivity index is 1.66. The Morgan fingerprint density at radius 2 is 1.87 bits per heavy atom. The van der Waals surface area contributed by atoms with Gasteiger partial charge in [-0.2, -0.15) is 4.52 Å². The molecule has 1 saturated carbocycles. The van der Waals surface area contributed by atoms with Gasteiger partial charge < -0.3 is 5.32 Å². The fraction of sp³-hybridized carbons (Fsp3) is 0.409. The molecule has 3 heterocycles. The Labute approximate surface area is 185 Å². The van der Waals surface area contributed by atoms with Crippen molar-refractivity contribution in [2.24, 2.45) is 0 Å². The van der Waals surface area contributed by atoms with Crippen LogP contribution in [-0.2, 0) is 9.84 Å². The van der Waals surface area contributed by atoms with Gasteiger partial charge in [0.25, 0.3) is 0 Å². The first-order valence-corrected chi connectivity index (χ1v) is 13.0. The minimum Gasteiger partial charge on any atom is -0.366 e. The van der Waals surface area contributed by atoms with Crippen molar-refractivity contribution in [3.63, 3.8) is 0 Å². The van der Waals surface area contributed by atoms with E-state index in [0.29, 0.717) is 11.6 Å². The second-order valence-corrected chi connectivity index (χ2v) is 11.1. The van der Waals surface area contributed by atoms with Gasteiger partial charge in [-0.05, 0) is 55.3 Å². The molecule has 0 amide bonds. The molecule has 0 unspecified atom stereocenters. The number of anilines is 1. The summed E-state index contributed by atoms with van der Waals surface area (Å²) in [4.78, 5) is 5.01. The van der Waals surface area contributed by atoms with Gasteiger partial charge in [-0.25, -0.2) is 13.4 Å². The molecular weight excluding hydrogens is 430 g/mol. The van der Waals surface area contributed by atoms with Crippen molar-refractivity contribution < 1.29 is 8.42 Å². The van der Waals surface area contributed by atoms with E-state index in [2.05, 4.69) is 15.6 Å². The molecule has 3 aromatic heterocycles. The molecule has 0 aliphatic heterocycles. The van der Waals surface area contributed by atoms with E-state index in [1.807, 2.05) is 30.5 Å². The lowest BCUT2D eigenvalue weighted by Crippen LogP contribution is -2.19. The average Bonchev–Trinajstić information content (AvgIpc) is 3.32. The quantitative estimate of drug-likeness (QED) is 0.439. The fourth-order valence-corrected chi connectivity index (χ4v) is 6.70. The second kappa shape index (κ2) is 7.87. The third kappa shape index (κ3) is 3.59. The average molecular weight is 456 g/mol. The molecule has 7 nitrogen and oxygen atoms in total. The lowest BCUT2D eigenvalue weighted by Gasteiger charge is -2.17. The minimum absolute atomic E-state index is 0.0989. The van der Waals surface area contributed by atoms with Crippen molar-refractivity contribution in [2.75, 3.05) is 5.32 Å². The van der Waals surface area contributed by atoms with Crippen LogP contribution < -0.4 is 5.32 Å². The molecule has 1 aromatic carbocycles. The Kier molecular flexibility index (Phi) is 5.18. The summed E-state index contributed by atoms with van der Waals surface area (Å²) in [5.41, 5.74) is 2.65. The zero-order valence-electron chi connectivity index (χ0n) is 17.6. The molecule has 0 radical (unpaired) electrons. The first-order valence-electron chi connectivity index (χ1n) is 10.7. The highest BCUT2D eigenvalue weighted by molar-refractivity contribution is 7.91. The summed E-state index contributed by atoms with van der Waals surface area (Å²) in [5, 5.41) is 13.7. The summed E-state index contributed by atoms with van der Waals surface area (Å²) in [6.07, 6.45) is 7.14. The first kappa shape index (κ1) is 20.4. The van der Waals surface area contributed by atoms with Crippen LogP contribution in [0.15, 0.2) is 39.6 Å². The minimum atomic E-state index is -3.86. The van der Waals surface area contributed by atoms with Gasteiger partial charge in [0.05, 0.1) is 15.1 Å². The molecule has 1 aliphatic rings. The summed E-state index contributed by atoms with van der Waals surface area (Å²) in [5.74, 6) is 0.726. The van der Waals surface area contributed by atoms with Crippen molar-refractivity contribution in [1.29, 1.82) is 0 Å². The van der Waals surface area contributed by atoms with Crippen LogP contribution in [0.4, 0.5) is 5.82 Å². The first-order chi connectivity index (χ1) is 14.9. The summed E-state index contributed by atoms with van der Waals surface area (Å²) in [7, 11) is -3.86. The number of fused-ring (bicyclic) bond motifs is 3. The highest BCUT2D eigenvalue weighted by Gasteiger charge is 2.29. The van der Waals surface area contributed by atoms with E-state index in [0.717, 1.165) is 34.4 Å². The normalized spacial score (nSPS) is 16.1. The van der Waals surface area contributed by atoms with Crippen molar-refractivity contribution >= 4 is 42.9 Å². The zero-order valence-corrected chi connectivity index (χ0v) is 19.3. The monoisotopic (exact) mass is 455 g/mol. The van der Waals surface area contributed by atoms with Gasteiger partial charge in [-0.3, -0.25) is 0 Å². The van der Waals surface area contributed by atoms with E-state index in [1.165, 1.54) is 25.7 Å². The number of thiophene rings is 1. The van der Waals surface area contributed by atoms with Crippen LogP contribution in [0.2, 0.25) is 0 Å². The van der Waals surface area contributed by atoms with E-state index < -0.39 is 9.84 Å². The predicted octanol–water partition coefficient (Wildman–Crippen LogP) is 4.92. The van der Waals surface area contributed by atoms with Crippen LogP contribution in [0.5, 0.6) is 0 Å². The van der Waals surface area contributed by atoms with Crippen LogP contribution in [0.1, 0.15) is 49.7 Å². The molecule has 31 heavy (non-hydrogen) atoms. The second-order valence-electron chi connectivity index (χ2n) is 8.33. The van der Waals surface area contributed by atoms with Crippen molar-refractivity contribution in [1.82, 2.24) is 19.8 Å². The summed E-state index contributed by atoms with van der Waals surface area (Å²) < 4.78 is 29.6. The number of aromatic nitrogens is 4. The predicted molar refractivity (Wildman–Crippen MR) is 123 cm³/mol. The molecule has 4 aromatic rings. The SMILES string of the molecule is Cc1ccc(C)c(S(=O)(=O)c2nnn3c2nc(NC2CCCCCC2)c2sccc23)c1. The Bertz CT molecular complexity index is 1370. The number of hydrogen-bond donors (Lipinski definition) is 1. The molecule has 1 N–H and O–H groups in total. The van der Waals surface area contributed by atoms with Crippen molar-refractivity contribution in [3.8, 4) is 0 Å². The number of hydrogen-bond acceptors (Lipinski definition) is 7. The van der Waals surface area contributed by atoms with Crippen LogP contribution in [-0.4, -0.2) is 34.3 Å². The molecule has 5 rings (SSSR count). The molecule has 0 atom stereocenters. The van der Waals surface area contributed by atoms with Crippen LogP contribution in [0.3, 0.4) is 0 Å².